The Morgan fingerprint density at radius 1 is 0.757 bits per heavy atom. The average Bonchev–Trinajstić information content (AvgIpc) is 2.87. The van der Waals surface area contributed by atoms with Crippen LogP contribution in [0, 0.1) is 19.3 Å². The van der Waals surface area contributed by atoms with Crippen LogP contribution in [-0.4, -0.2) is 19.8 Å². The predicted molar refractivity (Wildman–Crippen MR) is 171 cm³/mol. The predicted octanol–water partition coefficient (Wildman–Crippen LogP) is 10.7. The smallest absolute Gasteiger partial charge is 0.192 e. The summed E-state index contributed by atoms with van der Waals surface area (Å²) in [7, 11) is -1.64. The van der Waals surface area contributed by atoms with E-state index < -0.39 is 8.32 Å². The van der Waals surface area contributed by atoms with Gasteiger partial charge in [-0.2, -0.15) is 0 Å². The Morgan fingerprint density at radius 2 is 1.22 bits per heavy atom. The quantitative estimate of drug-likeness (QED) is 0.158. The summed E-state index contributed by atoms with van der Waals surface area (Å²) in [5.74, 6) is 0. The molecule has 37 heavy (non-hydrogen) atoms. The molecule has 0 radical (unpaired) electrons. The molecule has 0 spiro atoms. The molecule has 2 aromatic rings. The molecular formula is C34H55BrOSi. The van der Waals surface area contributed by atoms with Gasteiger partial charge in [0.05, 0.1) is 6.10 Å². The summed E-state index contributed by atoms with van der Waals surface area (Å²) < 4.78 is 7.06. The van der Waals surface area contributed by atoms with Crippen molar-refractivity contribution in [2.24, 2.45) is 5.41 Å². The zero-order chi connectivity index (χ0) is 27.9. The minimum atomic E-state index is -1.64. The van der Waals surface area contributed by atoms with Gasteiger partial charge in [0, 0.05) is 10.7 Å². The summed E-state index contributed by atoms with van der Waals surface area (Å²) in [4.78, 5) is 0. The molecule has 0 saturated carbocycles. The first-order valence-electron chi connectivity index (χ1n) is 14.9. The Bertz CT molecular complexity index is 974. The van der Waals surface area contributed by atoms with Crippen LogP contribution in [0.1, 0.15) is 108 Å². The summed E-state index contributed by atoms with van der Waals surface area (Å²) in [6.07, 6.45) is 5.79. The van der Waals surface area contributed by atoms with E-state index in [4.69, 9.17) is 4.43 Å². The summed E-state index contributed by atoms with van der Waals surface area (Å²) in [6.45, 7) is 23.4. The molecule has 0 fully saturated rings. The fraction of sp³-hybridized carbons (Fsp3) is 0.647. The Balaban J connectivity index is 2.34. The molecule has 3 heteroatoms. The Labute approximate surface area is 239 Å². The van der Waals surface area contributed by atoms with E-state index in [-0.39, 0.29) is 10.8 Å². The molecule has 2 rings (SSSR count). The van der Waals surface area contributed by atoms with Crippen LogP contribution in [0.25, 0.3) is 0 Å². The third-order valence-electron chi connectivity index (χ3n) is 9.33. The Kier molecular flexibility index (Phi) is 12.2. The molecule has 0 saturated heterocycles. The molecule has 0 aliphatic rings. The van der Waals surface area contributed by atoms with E-state index in [1.54, 1.807) is 0 Å². The third-order valence-corrected chi connectivity index (χ3v) is 14.4. The number of rotatable bonds is 14. The van der Waals surface area contributed by atoms with E-state index in [0.29, 0.717) is 6.10 Å². The molecule has 0 bridgehead atoms. The monoisotopic (exact) mass is 586 g/mol. The minimum Gasteiger partial charge on any atom is -0.413 e. The SMILES string of the molecule is CCC(CC)(c1ccc(CCBr)c(C)c1)c1ccc(CCC(O[Si](CC)(CC)CC)C(C)(C)C)c(C)c1. The van der Waals surface area contributed by atoms with E-state index in [9.17, 15) is 0 Å². The van der Waals surface area contributed by atoms with Crippen LogP contribution in [0.15, 0.2) is 36.4 Å². The normalized spacial score (nSPS) is 13.7. The van der Waals surface area contributed by atoms with Crippen LogP contribution in [-0.2, 0) is 22.7 Å². The molecule has 1 unspecified atom stereocenters. The number of halogens is 1. The highest BCUT2D eigenvalue weighted by Crippen LogP contribution is 2.41. The maximum atomic E-state index is 7.06. The first-order valence-corrected chi connectivity index (χ1v) is 18.5. The summed E-state index contributed by atoms with van der Waals surface area (Å²) >= 11 is 3.61. The van der Waals surface area contributed by atoms with Crippen molar-refractivity contribution in [3.63, 3.8) is 0 Å². The van der Waals surface area contributed by atoms with Crippen molar-refractivity contribution in [1.82, 2.24) is 0 Å². The molecule has 0 aliphatic heterocycles. The fourth-order valence-electron chi connectivity index (χ4n) is 6.14. The number of alkyl halides is 1. The van der Waals surface area contributed by atoms with Crippen molar-refractivity contribution in [2.75, 3.05) is 5.33 Å². The lowest BCUT2D eigenvalue weighted by atomic mass is 9.69. The summed E-state index contributed by atoms with van der Waals surface area (Å²) in [5, 5.41) is 1.01. The van der Waals surface area contributed by atoms with Gasteiger partial charge in [0.2, 0.25) is 0 Å². The van der Waals surface area contributed by atoms with E-state index >= 15 is 0 Å². The molecule has 0 N–H and O–H groups in total. The molecule has 1 nitrogen and oxygen atoms in total. The molecule has 0 amide bonds. The van der Waals surface area contributed by atoms with Crippen LogP contribution in [0.3, 0.4) is 0 Å². The van der Waals surface area contributed by atoms with Gasteiger partial charge in [-0.25, -0.2) is 0 Å². The van der Waals surface area contributed by atoms with Crippen LogP contribution in [0.2, 0.25) is 18.1 Å². The highest BCUT2D eigenvalue weighted by Gasteiger charge is 2.36. The zero-order valence-corrected chi connectivity index (χ0v) is 28.3. The zero-order valence-electron chi connectivity index (χ0n) is 25.7. The van der Waals surface area contributed by atoms with E-state index in [0.717, 1.165) is 37.4 Å². The molecule has 2 aromatic carbocycles. The van der Waals surface area contributed by atoms with Crippen molar-refractivity contribution in [1.29, 1.82) is 0 Å². The molecule has 0 aliphatic carbocycles. The van der Waals surface area contributed by atoms with E-state index in [2.05, 4.69) is 122 Å². The average molecular weight is 588 g/mol. The second-order valence-electron chi connectivity index (χ2n) is 12.3. The molecule has 1 atom stereocenters. The van der Waals surface area contributed by atoms with Crippen LogP contribution in [0.4, 0.5) is 0 Å². The highest BCUT2D eigenvalue weighted by atomic mass is 79.9. The van der Waals surface area contributed by atoms with Crippen LogP contribution >= 0.6 is 15.9 Å². The van der Waals surface area contributed by atoms with Gasteiger partial charge < -0.3 is 4.43 Å². The second kappa shape index (κ2) is 13.9. The number of benzene rings is 2. The third kappa shape index (κ3) is 7.61. The van der Waals surface area contributed by atoms with Crippen molar-refractivity contribution >= 4 is 24.2 Å². The van der Waals surface area contributed by atoms with E-state index in [1.165, 1.54) is 51.5 Å². The number of hydrogen-bond donors (Lipinski definition) is 0. The van der Waals surface area contributed by atoms with Gasteiger partial charge in [-0.3, -0.25) is 0 Å². The van der Waals surface area contributed by atoms with Gasteiger partial charge in [-0.05, 0) is 103 Å². The lowest BCUT2D eigenvalue weighted by molar-refractivity contribution is 0.0683. The highest BCUT2D eigenvalue weighted by molar-refractivity contribution is 9.09. The van der Waals surface area contributed by atoms with Crippen molar-refractivity contribution in [2.45, 2.75) is 131 Å². The molecule has 208 valence electrons. The lowest BCUT2D eigenvalue weighted by Crippen LogP contribution is -2.44. The summed E-state index contributed by atoms with van der Waals surface area (Å²) in [5.41, 5.74) is 8.90. The summed E-state index contributed by atoms with van der Waals surface area (Å²) in [6, 6.07) is 18.2. The van der Waals surface area contributed by atoms with Crippen LogP contribution in [0.5, 0.6) is 0 Å². The number of hydrogen-bond acceptors (Lipinski definition) is 1. The van der Waals surface area contributed by atoms with Gasteiger partial charge >= 0.3 is 0 Å². The van der Waals surface area contributed by atoms with Gasteiger partial charge in [0.1, 0.15) is 0 Å². The van der Waals surface area contributed by atoms with Crippen molar-refractivity contribution in [3.05, 3.63) is 69.8 Å². The Hall–Kier alpha value is -0.903. The van der Waals surface area contributed by atoms with Gasteiger partial charge in [0.25, 0.3) is 0 Å². The molecular weight excluding hydrogens is 532 g/mol. The Morgan fingerprint density at radius 3 is 1.57 bits per heavy atom. The van der Waals surface area contributed by atoms with Gasteiger partial charge in [-0.1, -0.05) is 108 Å². The number of aryl methyl sites for hydroxylation is 4. The van der Waals surface area contributed by atoms with Crippen LogP contribution < -0.4 is 0 Å². The van der Waals surface area contributed by atoms with Gasteiger partial charge in [-0.15, -0.1) is 0 Å². The van der Waals surface area contributed by atoms with E-state index in [1.807, 2.05) is 0 Å². The second-order valence-corrected chi connectivity index (χ2v) is 17.8. The minimum absolute atomic E-state index is 0.0621. The maximum Gasteiger partial charge on any atom is 0.192 e. The topological polar surface area (TPSA) is 9.23 Å². The molecule has 0 aromatic heterocycles. The maximum absolute atomic E-state index is 7.06. The lowest BCUT2D eigenvalue weighted by Gasteiger charge is -2.40. The van der Waals surface area contributed by atoms with Crippen molar-refractivity contribution in [3.8, 4) is 0 Å². The fourth-order valence-corrected chi connectivity index (χ4v) is 9.64. The first kappa shape index (κ1) is 32.3. The van der Waals surface area contributed by atoms with Crippen molar-refractivity contribution < 1.29 is 4.43 Å². The van der Waals surface area contributed by atoms with Gasteiger partial charge in [0.15, 0.2) is 8.32 Å². The first-order chi connectivity index (χ1) is 17.5. The largest absolute Gasteiger partial charge is 0.413 e. The molecule has 0 heterocycles. The standard InChI is InChI=1S/C34H55BrOSi/c1-11-34(12-2,31-20-17-29(22-23-35)27(7)25-31)30-19-16-28(26(6)24-30)18-21-32(33(8,9)10)36-37(13-3,14-4)15-5/h16-17,19-20,24-25,32H,11-15,18,21-23H2,1-10H3.